The van der Waals surface area contributed by atoms with Crippen molar-refractivity contribution in [1.29, 1.82) is 0 Å². The van der Waals surface area contributed by atoms with Crippen molar-refractivity contribution in [2.45, 2.75) is 6.92 Å². The molecule has 0 radical (unpaired) electrons. The molecule has 0 bridgehead atoms. The number of hydrogen-bond acceptors (Lipinski definition) is 3. The summed E-state index contributed by atoms with van der Waals surface area (Å²) in [5.41, 5.74) is 3.35. The first-order valence-corrected chi connectivity index (χ1v) is 4.63. The zero-order valence-corrected chi connectivity index (χ0v) is 8.34. The van der Waals surface area contributed by atoms with Gasteiger partial charge in [0.05, 0.1) is 0 Å². The molecule has 0 saturated carbocycles. The number of aryl methyl sites for hydroxylation is 1. The smallest absolute Gasteiger partial charge is 0.152 e. The number of nitrogens with zero attached hydrogens (tertiary/aromatic N) is 2. The Bertz CT molecular complexity index is 477. The number of carbonyl (C=O) groups excluding carboxylic acids is 1. The quantitative estimate of drug-likeness (QED) is 0.695. The number of carbonyl (C=O) groups is 1. The largest absolute Gasteiger partial charge is 0.298 e. The van der Waals surface area contributed by atoms with E-state index in [-0.39, 0.29) is 0 Å². The van der Waals surface area contributed by atoms with Gasteiger partial charge in [0.2, 0.25) is 0 Å². The van der Waals surface area contributed by atoms with Gasteiger partial charge in [0.15, 0.2) is 6.29 Å². The highest BCUT2D eigenvalue weighted by atomic mass is 16.1. The Morgan fingerprint density at radius 2 is 2.07 bits per heavy atom. The van der Waals surface area contributed by atoms with Crippen LogP contribution in [-0.2, 0) is 0 Å². The van der Waals surface area contributed by atoms with E-state index in [4.69, 9.17) is 0 Å². The first kappa shape index (κ1) is 9.52. The van der Waals surface area contributed by atoms with Crippen LogP contribution in [0.25, 0.3) is 11.1 Å². The average Bonchev–Trinajstić information content (AvgIpc) is 2.30. The fourth-order valence-electron chi connectivity index (χ4n) is 1.39. The molecule has 2 aromatic rings. The lowest BCUT2D eigenvalue weighted by Gasteiger charge is -2.03. The van der Waals surface area contributed by atoms with E-state index in [0.29, 0.717) is 5.56 Å². The fraction of sp³-hybridized carbons (Fsp3) is 0.0833. The Morgan fingerprint density at radius 1 is 1.20 bits per heavy atom. The van der Waals surface area contributed by atoms with Crippen LogP contribution in [0.2, 0.25) is 0 Å². The summed E-state index contributed by atoms with van der Waals surface area (Å²) in [5.74, 6) is 0. The van der Waals surface area contributed by atoms with Crippen LogP contribution in [0, 0.1) is 6.92 Å². The molecule has 3 heteroatoms. The summed E-state index contributed by atoms with van der Waals surface area (Å²) in [7, 11) is 0. The Labute approximate surface area is 87.8 Å². The average molecular weight is 198 g/mol. The SMILES string of the molecule is Cc1ccc(-c2ccncc2C=O)cn1. The Morgan fingerprint density at radius 3 is 2.73 bits per heavy atom. The van der Waals surface area contributed by atoms with Crippen molar-refractivity contribution in [3.05, 3.63) is 48.0 Å². The monoisotopic (exact) mass is 198 g/mol. The zero-order valence-electron chi connectivity index (χ0n) is 8.34. The number of pyridine rings is 2. The lowest BCUT2D eigenvalue weighted by atomic mass is 10.0. The molecule has 74 valence electrons. The van der Waals surface area contributed by atoms with Crippen LogP contribution in [-0.4, -0.2) is 16.3 Å². The van der Waals surface area contributed by atoms with E-state index in [2.05, 4.69) is 9.97 Å². The highest BCUT2D eigenvalue weighted by molar-refractivity contribution is 5.86. The van der Waals surface area contributed by atoms with E-state index in [0.717, 1.165) is 23.1 Å². The van der Waals surface area contributed by atoms with Gasteiger partial charge in [-0.25, -0.2) is 0 Å². The van der Waals surface area contributed by atoms with Gasteiger partial charge in [-0.3, -0.25) is 14.8 Å². The molecule has 0 saturated heterocycles. The van der Waals surface area contributed by atoms with Gasteiger partial charge in [0, 0.05) is 35.4 Å². The van der Waals surface area contributed by atoms with Crippen LogP contribution < -0.4 is 0 Å². The molecular formula is C12H10N2O. The Kier molecular flexibility index (Phi) is 2.54. The zero-order chi connectivity index (χ0) is 10.7. The van der Waals surface area contributed by atoms with Crippen molar-refractivity contribution < 1.29 is 4.79 Å². The van der Waals surface area contributed by atoms with Gasteiger partial charge in [0.1, 0.15) is 0 Å². The van der Waals surface area contributed by atoms with Crippen LogP contribution >= 0.6 is 0 Å². The van der Waals surface area contributed by atoms with Crippen LogP contribution in [0.1, 0.15) is 16.1 Å². The van der Waals surface area contributed by atoms with Crippen molar-refractivity contribution in [2.75, 3.05) is 0 Å². The summed E-state index contributed by atoms with van der Waals surface area (Å²) in [5, 5.41) is 0. The second kappa shape index (κ2) is 4.00. The molecule has 2 rings (SSSR count). The van der Waals surface area contributed by atoms with E-state index >= 15 is 0 Å². The minimum Gasteiger partial charge on any atom is -0.298 e. The normalized spacial score (nSPS) is 9.93. The van der Waals surface area contributed by atoms with Crippen LogP contribution in [0.4, 0.5) is 0 Å². The van der Waals surface area contributed by atoms with Crippen molar-refractivity contribution in [3.8, 4) is 11.1 Å². The van der Waals surface area contributed by atoms with Crippen LogP contribution in [0.15, 0.2) is 36.8 Å². The second-order valence-corrected chi connectivity index (χ2v) is 3.27. The summed E-state index contributed by atoms with van der Waals surface area (Å²) in [6.07, 6.45) is 5.80. The lowest BCUT2D eigenvalue weighted by molar-refractivity contribution is 0.112. The van der Waals surface area contributed by atoms with Crippen LogP contribution in [0.5, 0.6) is 0 Å². The van der Waals surface area contributed by atoms with Crippen molar-refractivity contribution in [1.82, 2.24) is 9.97 Å². The van der Waals surface area contributed by atoms with Gasteiger partial charge >= 0.3 is 0 Å². The van der Waals surface area contributed by atoms with Crippen molar-refractivity contribution in [3.63, 3.8) is 0 Å². The molecule has 3 nitrogen and oxygen atoms in total. The molecule has 0 amide bonds. The second-order valence-electron chi connectivity index (χ2n) is 3.27. The van der Waals surface area contributed by atoms with Gasteiger partial charge in [0.25, 0.3) is 0 Å². The lowest BCUT2D eigenvalue weighted by Crippen LogP contribution is -1.90. The number of aldehydes is 1. The molecule has 15 heavy (non-hydrogen) atoms. The summed E-state index contributed by atoms with van der Waals surface area (Å²) in [6, 6.07) is 5.69. The summed E-state index contributed by atoms with van der Waals surface area (Å²) in [6.45, 7) is 1.93. The molecular weight excluding hydrogens is 188 g/mol. The van der Waals surface area contributed by atoms with Gasteiger partial charge in [-0.05, 0) is 24.6 Å². The van der Waals surface area contributed by atoms with Crippen LogP contribution in [0.3, 0.4) is 0 Å². The van der Waals surface area contributed by atoms with Crippen molar-refractivity contribution >= 4 is 6.29 Å². The molecule has 0 spiro atoms. The molecule has 0 N–H and O–H groups in total. The highest BCUT2D eigenvalue weighted by Gasteiger charge is 2.03. The number of aromatic nitrogens is 2. The van der Waals surface area contributed by atoms with Gasteiger partial charge < -0.3 is 0 Å². The third-order valence-corrected chi connectivity index (χ3v) is 2.20. The van der Waals surface area contributed by atoms with E-state index in [1.165, 1.54) is 0 Å². The Balaban J connectivity index is 2.53. The summed E-state index contributed by atoms with van der Waals surface area (Å²) >= 11 is 0. The van der Waals surface area contributed by atoms with Gasteiger partial charge in [-0.15, -0.1) is 0 Å². The summed E-state index contributed by atoms with van der Waals surface area (Å²) in [4.78, 5) is 18.9. The number of hydrogen-bond donors (Lipinski definition) is 0. The predicted molar refractivity (Wildman–Crippen MR) is 57.6 cm³/mol. The first-order chi connectivity index (χ1) is 7.31. The van der Waals surface area contributed by atoms with E-state index in [1.54, 1.807) is 18.6 Å². The van der Waals surface area contributed by atoms with Gasteiger partial charge in [-0.1, -0.05) is 6.07 Å². The molecule has 0 aliphatic rings. The molecule has 0 unspecified atom stereocenters. The maximum atomic E-state index is 10.8. The molecule has 0 aromatic carbocycles. The minimum absolute atomic E-state index is 0.586. The molecule has 0 aliphatic heterocycles. The minimum atomic E-state index is 0.586. The first-order valence-electron chi connectivity index (χ1n) is 4.63. The van der Waals surface area contributed by atoms with Gasteiger partial charge in [-0.2, -0.15) is 0 Å². The predicted octanol–water partition coefficient (Wildman–Crippen LogP) is 2.26. The molecule has 2 heterocycles. The Hall–Kier alpha value is -2.03. The molecule has 0 atom stereocenters. The summed E-state index contributed by atoms with van der Waals surface area (Å²) < 4.78 is 0. The molecule has 2 aromatic heterocycles. The third kappa shape index (κ3) is 1.91. The standard InChI is InChI=1S/C12H10N2O/c1-9-2-3-10(7-14-9)12-4-5-13-6-11(12)8-15/h2-8H,1H3. The maximum Gasteiger partial charge on any atom is 0.152 e. The topological polar surface area (TPSA) is 42.9 Å². The van der Waals surface area contributed by atoms with E-state index in [1.807, 2.05) is 25.1 Å². The third-order valence-electron chi connectivity index (χ3n) is 2.20. The van der Waals surface area contributed by atoms with E-state index in [9.17, 15) is 4.79 Å². The van der Waals surface area contributed by atoms with Crippen molar-refractivity contribution in [2.24, 2.45) is 0 Å². The molecule has 0 fully saturated rings. The number of rotatable bonds is 2. The molecule has 0 aliphatic carbocycles. The highest BCUT2D eigenvalue weighted by Crippen LogP contribution is 2.20. The van der Waals surface area contributed by atoms with E-state index < -0.39 is 0 Å². The maximum absolute atomic E-state index is 10.8. The fourth-order valence-corrected chi connectivity index (χ4v) is 1.39.